The Kier molecular flexibility index (Phi) is 7.47. The SMILES string of the molecule is C.CC(c1cccc(CCC=O)c1)c1cnc(-c2cc(Oc3cc(F)c4[nH]ccc4c3F)ccc2F)[nH]1. The first-order chi connectivity index (χ1) is 17.4. The van der Waals surface area contributed by atoms with E-state index in [4.69, 9.17) is 4.74 Å². The third-order valence-electron chi connectivity index (χ3n) is 6.18. The Labute approximate surface area is 212 Å². The van der Waals surface area contributed by atoms with Crippen molar-refractivity contribution in [2.45, 2.75) is 33.1 Å². The monoisotopic (exact) mass is 505 g/mol. The quantitative estimate of drug-likeness (QED) is 0.212. The summed E-state index contributed by atoms with van der Waals surface area (Å²) in [5.41, 5.74) is 3.04. The number of hydrogen-bond acceptors (Lipinski definition) is 3. The lowest BCUT2D eigenvalue weighted by molar-refractivity contribution is -0.107. The average molecular weight is 506 g/mol. The fraction of sp³-hybridized carbons (Fsp3) is 0.172. The number of aldehydes is 1. The second kappa shape index (κ2) is 10.7. The van der Waals surface area contributed by atoms with Gasteiger partial charge in [-0.1, -0.05) is 38.6 Å². The number of carbonyl (C=O) groups is 1. The van der Waals surface area contributed by atoms with Crippen LogP contribution in [0.5, 0.6) is 11.5 Å². The van der Waals surface area contributed by atoms with E-state index in [1.807, 2.05) is 31.2 Å². The number of aromatic nitrogens is 3. The summed E-state index contributed by atoms with van der Waals surface area (Å²) in [6.45, 7) is 2.00. The number of ether oxygens (including phenoxy) is 1. The van der Waals surface area contributed by atoms with Gasteiger partial charge in [0.2, 0.25) is 0 Å². The normalized spacial score (nSPS) is 11.8. The van der Waals surface area contributed by atoms with Gasteiger partial charge in [-0.3, -0.25) is 0 Å². The summed E-state index contributed by atoms with van der Waals surface area (Å²) in [4.78, 5) is 20.8. The molecule has 1 atom stereocenters. The van der Waals surface area contributed by atoms with E-state index >= 15 is 0 Å². The molecule has 0 aliphatic rings. The van der Waals surface area contributed by atoms with Gasteiger partial charge in [0.05, 0.1) is 11.1 Å². The maximum absolute atomic E-state index is 14.8. The van der Waals surface area contributed by atoms with E-state index < -0.39 is 17.5 Å². The van der Waals surface area contributed by atoms with Gasteiger partial charge in [0.15, 0.2) is 17.4 Å². The minimum atomic E-state index is -0.719. The standard InChI is InChI=1S/C28H22F3N3O2.CH4/c1-16(18-6-2-4-17(12-18)5-3-11-35)24-15-33-28(34-24)21-13-19(7-8-22(21)29)36-25-14-23(30)27-20(26(25)31)9-10-32-27;/h2,4,6-16,32H,3,5H2,1H3,(H,33,34);1H4. The van der Waals surface area contributed by atoms with Gasteiger partial charge in [-0.25, -0.2) is 18.2 Å². The first-order valence-electron chi connectivity index (χ1n) is 11.4. The van der Waals surface area contributed by atoms with E-state index in [1.165, 1.54) is 30.5 Å². The molecule has 3 aromatic carbocycles. The number of nitrogens with zero attached hydrogens (tertiary/aromatic N) is 1. The summed E-state index contributed by atoms with van der Waals surface area (Å²) in [6, 6.07) is 14.2. The summed E-state index contributed by atoms with van der Waals surface area (Å²) in [5, 5.41) is 0.0622. The molecule has 190 valence electrons. The molecule has 0 spiro atoms. The van der Waals surface area contributed by atoms with Crippen LogP contribution in [0.4, 0.5) is 13.2 Å². The first-order valence-corrected chi connectivity index (χ1v) is 11.4. The predicted octanol–water partition coefficient (Wildman–Crippen LogP) is 7.69. The molecule has 2 heterocycles. The second-order valence-corrected chi connectivity index (χ2v) is 8.54. The van der Waals surface area contributed by atoms with Crippen LogP contribution < -0.4 is 4.74 Å². The molecule has 0 aliphatic carbocycles. The molecule has 0 amide bonds. The predicted molar refractivity (Wildman–Crippen MR) is 137 cm³/mol. The highest BCUT2D eigenvalue weighted by molar-refractivity contribution is 5.82. The third kappa shape index (κ3) is 5.14. The zero-order valence-electron chi connectivity index (χ0n) is 19.3. The van der Waals surface area contributed by atoms with E-state index in [0.29, 0.717) is 12.8 Å². The Bertz CT molecular complexity index is 1560. The molecule has 0 fully saturated rings. The Balaban J connectivity index is 0.00000320. The number of imidazole rings is 1. The molecule has 0 bridgehead atoms. The Morgan fingerprint density at radius 2 is 1.89 bits per heavy atom. The molecule has 0 aliphatic heterocycles. The van der Waals surface area contributed by atoms with Gasteiger partial charge in [-0.2, -0.15) is 0 Å². The van der Waals surface area contributed by atoms with Crippen molar-refractivity contribution in [3.8, 4) is 22.9 Å². The number of fused-ring (bicyclic) bond motifs is 1. The van der Waals surface area contributed by atoms with Crippen LogP contribution in [0.15, 0.2) is 67.0 Å². The minimum Gasteiger partial charge on any atom is -0.454 e. The molecule has 5 nitrogen and oxygen atoms in total. The van der Waals surface area contributed by atoms with Crippen molar-refractivity contribution in [1.29, 1.82) is 0 Å². The molecular weight excluding hydrogens is 479 g/mol. The molecule has 1 unspecified atom stereocenters. The summed E-state index contributed by atoms with van der Waals surface area (Å²) in [5.74, 6) is -1.87. The smallest absolute Gasteiger partial charge is 0.175 e. The van der Waals surface area contributed by atoms with Gasteiger partial charge < -0.3 is 19.5 Å². The highest BCUT2D eigenvalue weighted by Crippen LogP contribution is 2.34. The largest absolute Gasteiger partial charge is 0.454 e. The summed E-state index contributed by atoms with van der Waals surface area (Å²) >= 11 is 0. The Hall–Kier alpha value is -4.33. The molecule has 0 radical (unpaired) electrons. The van der Waals surface area contributed by atoms with Crippen molar-refractivity contribution in [1.82, 2.24) is 15.0 Å². The molecule has 37 heavy (non-hydrogen) atoms. The second-order valence-electron chi connectivity index (χ2n) is 8.54. The highest BCUT2D eigenvalue weighted by Gasteiger charge is 2.18. The van der Waals surface area contributed by atoms with Gasteiger partial charge in [0.1, 0.15) is 23.7 Å². The summed E-state index contributed by atoms with van der Waals surface area (Å²) < 4.78 is 49.4. The van der Waals surface area contributed by atoms with Crippen molar-refractivity contribution >= 4 is 17.2 Å². The summed E-state index contributed by atoms with van der Waals surface area (Å²) in [7, 11) is 0. The molecule has 8 heteroatoms. The fourth-order valence-electron chi connectivity index (χ4n) is 4.20. The topological polar surface area (TPSA) is 70.8 Å². The highest BCUT2D eigenvalue weighted by atomic mass is 19.1. The maximum Gasteiger partial charge on any atom is 0.175 e. The lowest BCUT2D eigenvalue weighted by Gasteiger charge is -2.12. The van der Waals surface area contributed by atoms with Gasteiger partial charge in [0.25, 0.3) is 0 Å². The number of nitrogens with one attached hydrogen (secondary N) is 2. The van der Waals surface area contributed by atoms with E-state index in [1.54, 1.807) is 6.20 Å². The first kappa shape index (κ1) is 25.8. The maximum atomic E-state index is 14.8. The van der Waals surface area contributed by atoms with E-state index in [9.17, 15) is 18.0 Å². The Morgan fingerprint density at radius 3 is 2.70 bits per heavy atom. The van der Waals surface area contributed by atoms with Crippen molar-refractivity contribution in [3.63, 3.8) is 0 Å². The minimum absolute atomic E-state index is 0. The van der Waals surface area contributed by atoms with Crippen LogP contribution in [0.3, 0.4) is 0 Å². The van der Waals surface area contributed by atoms with Crippen molar-refractivity contribution < 1.29 is 22.7 Å². The number of hydrogen-bond donors (Lipinski definition) is 2. The van der Waals surface area contributed by atoms with Gasteiger partial charge in [0, 0.05) is 41.9 Å². The van der Waals surface area contributed by atoms with Crippen molar-refractivity contribution in [2.75, 3.05) is 0 Å². The van der Waals surface area contributed by atoms with E-state index in [2.05, 4.69) is 15.0 Å². The van der Waals surface area contributed by atoms with E-state index in [0.717, 1.165) is 29.2 Å². The molecule has 0 saturated heterocycles. The number of benzene rings is 3. The van der Waals surface area contributed by atoms with Gasteiger partial charge in [-0.15, -0.1) is 0 Å². The fourth-order valence-corrected chi connectivity index (χ4v) is 4.20. The molecule has 2 aromatic heterocycles. The van der Waals surface area contributed by atoms with Crippen LogP contribution in [-0.2, 0) is 11.2 Å². The lowest BCUT2D eigenvalue weighted by Crippen LogP contribution is -1.98. The number of aromatic amines is 2. The number of carbonyl (C=O) groups excluding carboxylic acids is 1. The van der Waals surface area contributed by atoms with Crippen molar-refractivity contribution in [3.05, 3.63) is 101 Å². The molecule has 2 N–H and O–H groups in total. The zero-order valence-corrected chi connectivity index (χ0v) is 19.3. The van der Waals surface area contributed by atoms with E-state index in [-0.39, 0.29) is 47.1 Å². The third-order valence-corrected chi connectivity index (χ3v) is 6.18. The van der Waals surface area contributed by atoms with Crippen LogP contribution in [0, 0.1) is 17.5 Å². The van der Waals surface area contributed by atoms with Crippen LogP contribution in [-0.4, -0.2) is 21.2 Å². The molecule has 0 saturated carbocycles. The zero-order chi connectivity index (χ0) is 25.2. The van der Waals surface area contributed by atoms with Crippen LogP contribution in [0.2, 0.25) is 0 Å². The van der Waals surface area contributed by atoms with Crippen LogP contribution in [0.25, 0.3) is 22.3 Å². The number of aryl methyl sites for hydroxylation is 1. The van der Waals surface area contributed by atoms with Crippen LogP contribution in [0.1, 0.15) is 43.5 Å². The molecular formula is C29H26F3N3O2. The Morgan fingerprint density at radius 1 is 1.05 bits per heavy atom. The van der Waals surface area contributed by atoms with Gasteiger partial charge >= 0.3 is 0 Å². The molecule has 5 rings (SSSR count). The number of H-pyrrole nitrogens is 2. The molecule has 5 aromatic rings. The van der Waals surface area contributed by atoms with Crippen LogP contribution >= 0.6 is 0 Å². The number of halogens is 3. The summed E-state index contributed by atoms with van der Waals surface area (Å²) in [6.07, 6.45) is 5.09. The lowest BCUT2D eigenvalue weighted by atomic mass is 9.95. The average Bonchev–Trinajstić information content (AvgIpc) is 3.58. The van der Waals surface area contributed by atoms with Gasteiger partial charge in [-0.05, 0) is 41.8 Å². The number of rotatable bonds is 8. The van der Waals surface area contributed by atoms with Crippen molar-refractivity contribution in [2.24, 2.45) is 0 Å².